The molecule has 1 N–H and O–H groups in total. The fraction of sp³-hybridized carbons (Fsp3) is 0.538. The maximum atomic E-state index is 6.14. The summed E-state index contributed by atoms with van der Waals surface area (Å²) in [6, 6.07) is 4.00. The summed E-state index contributed by atoms with van der Waals surface area (Å²) in [5, 5.41) is 4.07. The first-order valence-electron chi connectivity index (χ1n) is 5.81. The third kappa shape index (κ3) is 3.69. The molecule has 2 nitrogen and oxygen atoms in total. The highest BCUT2D eigenvalue weighted by Gasteiger charge is 2.06. The number of rotatable bonds is 6. The zero-order valence-corrected chi connectivity index (χ0v) is 11.0. The normalized spacial score (nSPS) is 10.5. The molecule has 1 aromatic rings. The molecule has 0 heterocycles. The van der Waals surface area contributed by atoms with Crippen molar-refractivity contribution in [1.29, 1.82) is 0 Å². The molecule has 0 atom stereocenters. The highest BCUT2D eigenvalue weighted by molar-refractivity contribution is 6.32. The van der Waals surface area contributed by atoms with E-state index < -0.39 is 0 Å². The summed E-state index contributed by atoms with van der Waals surface area (Å²) in [5.74, 6) is 0.779. The van der Waals surface area contributed by atoms with Crippen LogP contribution in [-0.2, 0) is 6.54 Å². The lowest BCUT2D eigenvalue weighted by Crippen LogP contribution is -2.14. The molecule has 0 aromatic heterocycles. The molecule has 90 valence electrons. The molecule has 3 heteroatoms. The Morgan fingerprint density at radius 2 is 2.06 bits per heavy atom. The van der Waals surface area contributed by atoms with Crippen molar-refractivity contribution >= 4 is 11.6 Å². The minimum absolute atomic E-state index is 0.645. The molecule has 0 aliphatic rings. The van der Waals surface area contributed by atoms with Crippen molar-refractivity contribution in [3.05, 3.63) is 28.3 Å². The van der Waals surface area contributed by atoms with Gasteiger partial charge < -0.3 is 10.1 Å². The first-order chi connectivity index (χ1) is 7.69. The molecule has 0 saturated heterocycles. The van der Waals surface area contributed by atoms with Gasteiger partial charge in [-0.2, -0.15) is 0 Å². The summed E-state index contributed by atoms with van der Waals surface area (Å²) in [6.07, 6.45) is 1.14. The van der Waals surface area contributed by atoms with Crippen LogP contribution in [0.5, 0.6) is 5.75 Å². The number of hydrogen-bond donors (Lipinski definition) is 1. The SMILES string of the molecule is CCCNCc1cc(Cl)c(OCC)cc1C. The maximum Gasteiger partial charge on any atom is 0.138 e. The molecule has 0 saturated carbocycles. The van der Waals surface area contributed by atoms with Gasteiger partial charge >= 0.3 is 0 Å². The molecule has 0 radical (unpaired) electrons. The number of aryl methyl sites for hydroxylation is 1. The van der Waals surface area contributed by atoms with Crippen molar-refractivity contribution in [2.75, 3.05) is 13.2 Å². The van der Waals surface area contributed by atoms with Crippen LogP contribution in [0.2, 0.25) is 5.02 Å². The number of ether oxygens (including phenoxy) is 1. The molecule has 1 rings (SSSR count). The molecule has 0 amide bonds. The Bertz CT molecular complexity index is 339. The molecule has 0 unspecified atom stereocenters. The predicted molar refractivity (Wildman–Crippen MR) is 69.4 cm³/mol. The van der Waals surface area contributed by atoms with Gasteiger partial charge in [-0.25, -0.2) is 0 Å². The van der Waals surface area contributed by atoms with Gasteiger partial charge in [0.2, 0.25) is 0 Å². The Hall–Kier alpha value is -0.730. The molecule has 0 spiro atoms. The summed E-state index contributed by atoms with van der Waals surface area (Å²) in [4.78, 5) is 0. The Morgan fingerprint density at radius 1 is 1.31 bits per heavy atom. The number of halogens is 1. The quantitative estimate of drug-likeness (QED) is 0.770. The summed E-state index contributed by atoms with van der Waals surface area (Å²) >= 11 is 6.14. The molecule has 0 bridgehead atoms. The second kappa shape index (κ2) is 6.77. The fourth-order valence-electron chi connectivity index (χ4n) is 1.55. The lowest BCUT2D eigenvalue weighted by atomic mass is 10.1. The van der Waals surface area contributed by atoms with Crippen LogP contribution in [0.3, 0.4) is 0 Å². The topological polar surface area (TPSA) is 21.3 Å². The van der Waals surface area contributed by atoms with Crippen molar-refractivity contribution in [2.45, 2.75) is 33.7 Å². The van der Waals surface area contributed by atoms with Gasteiger partial charge in [0.05, 0.1) is 11.6 Å². The fourth-order valence-corrected chi connectivity index (χ4v) is 1.79. The van der Waals surface area contributed by atoms with Crippen molar-refractivity contribution in [3.63, 3.8) is 0 Å². The Kier molecular flexibility index (Phi) is 5.64. The summed E-state index contributed by atoms with van der Waals surface area (Å²) in [6.45, 7) is 8.75. The first kappa shape index (κ1) is 13.3. The molecule has 0 aliphatic heterocycles. The second-order valence-corrected chi connectivity index (χ2v) is 4.23. The van der Waals surface area contributed by atoms with Gasteiger partial charge in [0.15, 0.2) is 0 Å². The van der Waals surface area contributed by atoms with Crippen LogP contribution in [0.4, 0.5) is 0 Å². The van der Waals surface area contributed by atoms with Crippen molar-refractivity contribution in [2.24, 2.45) is 0 Å². The average Bonchev–Trinajstić information content (AvgIpc) is 2.25. The van der Waals surface area contributed by atoms with Gasteiger partial charge in [0, 0.05) is 6.54 Å². The first-order valence-corrected chi connectivity index (χ1v) is 6.19. The average molecular weight is 242 g/mol. The number of benzene rings is 1. The van der Waals surface area contributed by atoms with Crippen molar-refractivity contribution in [1.82, 2.24) is 5.32 Å². The highest BCUT2D eigenvalue weighted by Crippen LogP contribution is 2.28. The van der Waals surface area contributed by atoms with Gasteiger partial charge in [-0.1, -0.05) is 18.5 Å². The standard InChI is InChI=1S/C13H20ClNO/c1-4-6-15-9-11-8-12(14)13(16-5-2)7-10(11)3/h7-8,15H,4-6,9H2,1-3H3. The van der Waals surface area contributed by atoms with E-state index in [0.29, 0.717) is 11.6 Å². The van der Waals surface area contributed by atoms with E-state index in [9.17, 15) is 0 Å². The molecular weight excluding hydrogens is 222 g/mol. The molecule has 16 heavy (non-hydrogen) atoms. The smallest absolute Gasteiger partial charge is 0.138 e. The van der Waals surface area contributed by atoms with E-state index in [1.807, 2.05) is 19.1 Å². The summed E-state index contributed by atoms with van der Waals surface area (Å²) in [5.41, 5.74) is 2.46. The zero-order chi connectivity index (χ0) is 12.0. The summed E-state index contributed by atoms with van der Waals surface area (Å²) in [7, 11) is 0. The van der Waals surface area contributed by atoms with Gasteiger partial charge in [0.25, 0.3) is 0 Å². The molecular formula is C13H20ClNO. The maximum absolute atomic E-state index is 6.14. The third-order valence-corrected chi connectivity index (χ3v) is 2.73. The third-order valence-electron chi connectivity index (χ3n) is 2.43. The van der Waals surface area contributed by atoms with E-state index in [1.54, 1.807) is 0 Å². The van der Waals surface area contributed by atoms with Gasteiger partial charge in [-0.05, 0) is 50.1 Å². The largest absolute Gasteiger partial charge is 0.492 e. The Balaban J connectivity index is 2.75. The van der Waals surface area contributed by atoms with E-state index in [1.165, 1.54) is 11.1 Å². The monoisotopic (exact) mass is 241 g/mol. The molecule has 1 aromatic carbocycles. The van der Waals surface area contributed by atoms with Crippen molar-refractivity contribution in [3.8, 4) is 5.75 Å². The van der Waals surface area contributed by atoms with Crippen LogP contribution in [0.25, 0.3) is 0 Å². The lowest BCUT2D eigenvalue weighted by molar-refractivity contribution is 0.340. The van der Waals surface area contributed by atoms with Gasteiger partial charge in [-0.3, -0.25) is 0 Å². The van der Waals surface area contributed by atoms with Crippen LogP contribution >= 0.6 is 11.6 Å². The zero-order valence-electron chi connectivity index (χ0n) is 10.3. The van der Waals surface area contributed by atoms with Crippen LogP contribution in [0.1, 0.15) is 31.4 Å². The van der Waals surface area contributed by atoms with E-state index in [0.717, 1.165) is 25.3 Å². The molecule has 0 fully saturated rings. The minimum atomic E-state index is 0.645. The lowest BCUT2D eigenvalue weighted by Gasteiger charge is -2.11. The van der Waals surface area contributed by atoms with Crippen LogP contribution in [0, 0.1) is 6.92 Å². The molecule has 0 aliphatic carbocycles. The van der Waals surface area contributed by atoms with Crippen LogP contribution < -0.4 is 10.1 Å². The van der Waals surface area contributed by atoms with E-state index in [2.05, 4.69) is 19.2 Å². The van der Waals surface area contributed by atoms with Gasteiger partial charge in [0.1, 0.15) is 5.75 Å². The van der Waals surface area contributed by atoms with Crippen molar-refractivity contribution < 1.29 is 4.74 Å². The highest BCUT2D eigenvalue weighted by atomic mass is 35.5. The second-order valence-electron chi connectivity index (χ2n) is 3.82. The van der Waals surface area contributed by atoms with Crippen LogP contribution in [-0.4, -0.2) is 13.2 Å². The van der Waals surface area contributed by atoms with Crippen LogP contribution in [0.15, 0.2) is 12.1 Å². The minimum Gasteiger partial charge on any atom is -0.492 e. The number of hydrogen-bond acceptors (Lipinski definition) is 2. The van der Waals surface area contributed by atoms with E-state index in [-0.39, 0.29) is 0 Å². The van der Waals surface area contributed by atoms with Gasteiger partial charge in [-0.15, -0.1) is 0 Å². The predicted octanol–water partition coefficient (Wildman–Crippen LogP) is 3.55. The van der Waals surface area contributed by atoms with E-state index in [4.69, 9.17) is 16.3 Å². The summed E-state index contributed by atoms with van der Waals surface area (Å²) < 4.78 is 5.45. The Morgan fingerprint density at radius 3 is 2.69 bits per heavy atom. The number of nitrogens with one attached hydrogen (secondary N) is 1. The Labute approximate surface area is 103 Å². The van der Waals surface area contributed by atoms with E-state index >= 15 is 0 Å².